The zero-order valence-corrected chi connectivity index (χ0v) is 12.5. The van der Waals surface area contributed by atoms with Gasteiger partial charge in [-0.05, 0) is 40.0 Å². The highest BCUT2D eigenvalue weighted by atomic mass is 79.9. The molecule has 4 heteroatoms. The van der Waals surface area contributed by atoms with E-state index in [1.54, 1.807) is 11.3 Å². The van der Waals surface area contributed by atoms with E-state index in [2.05, 4.69) is 50.9 Å². The molecular weight excluding hydrogens is 310 g/mol. The topological polar surface area (TPSA) is 21.3 Å². The average molecular weight is 324 g/mol. The van der Waals surface area contributed by atoms with Crippen molar-refractivity contribution in [3.63, 3.8) is 0 Å². The summed E-state index contributed by atoms with van der Waals surface area (Å²) < 4.78 is 6.95. The normalized spacial score (nSPS) is 15.2. The van der Waals surface area contributed by atoms with Gasteiger partial charge in [0, 0.05) is 21.3 Å². The SMILES string of the molecule is CNC(c1cccc2c1OCC2)c1sccc1Br. The van der Waals surface area contributed by atoms with Crippen LogP contribution in [0.15, 0.2) is 34.1 Å². The summed E-state index contributed by atoms with van der Waals surface area (Å²) in [6.07, 6.45) is 1.02. The van der Waals surface area contributed by atoms with Crippen LogP contribution < -0.4 is 10.1 Å². The van der Waals surface area contributed by atoms with Crippen molar-refractivity contribution in [1.82, 2.24) is 5.32 Å². The molecular formula is C14H14BrNOS. The molecule has 0 amide bonds. The minimum Gasteiger partial charge on any atom is -0.493 e. The van der Waals surface area contributed by atoms with Gasteiger partial charge in [0.05, 0.1) is 12.6 Å². The Labute approximate surface area is 119 Å². The quantitative estimate of drug-likeness (QED) is 0.928. The smallest absolute Gasteiger partial charge is 0.127 e. The molecule has 2 heterocycles. The van der Waals surface area contributed by atoms with E-state index >= 15 is 0 Å². The predicted octanol–water partition coefficient (Wildman–Crippen LogP) is 3.75. The molecule has 3 rings (SSSR count). The highest BCUT2D eigenvalue weighted by Gasteiger charge is 2.24. The fourth-order valence-corrected chi connectivity index (χ4v) is 4.14. The lowest BCUT2D eigenvalue weighted by Crippen LogP contribution is -2.17. The van der Waals surface area contributed by atoms with E-state index < -0.39 is 0 Å². The van der Waals surface area contributed by atoms with Gasteiger partial charge in [-0.25, -0.2) is 0 Å². The Morgan fingerprint density at radius 2 is 2.28 bits per heavy atom. The number of hydrogen-bond acceptors (Lipinski definition) is 3. The Hall–Kier alpha value is -0.840. The summed E-state index contributed by atoms with van der Waals surface area (Å²) in [7, 11) is 1.99. The zero-order valence-electron chi connectivity index (χ0n) is 10.1. The van der Waals surface area contributed by atoms with E-state index in [0.717, 1.165) is 23.2 Å². The summed E-state index contributed by atoms with van der Waals surface area (Å²) in [5.74, 6) is 1.07. The van der Waals surface area contributed by atoms with Crippen LogP contribution in [-0.2, 0) is 6.42 Å². The summed E-state index contributed by atoms with van der Waals surface area (Å²) in [6.45, 7) is 0.800. The van der Waals surface area contributed by atoms with Gasteiger partial charge in [0.25, 0.3) is 0 Å². The summed E-state index contributed by atoms with van der Waals surface area (Å²) in [4.78, 5) is 1.29. The molecule has 1 aromatic heterocycles. The molecule has 94 valence electrons. The first-order valence-electron chi connectivity index (χ1n) is 5.96. The Morgan fingerprint density at radius 1 is 1.39 bits per heavy atom. The van der Waals surface area contributed by atoms with Crippen LogP contribution in [0.3, 0.4) is 0 Å². The maximum atomic E-state index is 5.80. The lowest BCUT2D eigenvalue weighted by atomic mass is 10.0. The standard InChI is InChI=1S/C14H14BrNOS/c1-16-12(14-11(15)6-8-18-14)10-4-2-3-9-5-7-17-13(9)10/h2-4,6,8,12,16H,5,7H2,1H3. The second-order valence-corrected chi connectivity index (χ2v) is 6.09. The largest absolute Gasteiger partial charge is 0.493 e. The summed E-state index contributed by atoms with van der Waals surface area (Å²) in [5, 5.41) is 5.50. The highest BCUT2D eigenvalue weighted by Crippen LogP contribution is 2.39. The van der Waals surface area contributed by atoms with Gasteiger partial charge in [-0.3, -0.25) is 0 Å². The number of rotatable bonds is 3. The molecule has 0 bridgehead atoms. The highest BCUT2D eigenvalue weighted by molar-refractivity contribution is 9.10. The summed E-state index contributed by atoms with van der Waals surface area (Å²) in [6, 6.07) is 8.70. The van der Waals surface area contributed by atoms with Crippen LogP contribution in [-0.4, -0.2) is 13.7 Å². The van der Waals surface area contributed by atoms with Crippen molar-refractivity contribution in [3.05, 3.63) is 50.1 Å². The molecule has 1 aromatic carbocycles. The van der Waals surface area contributed by atoms with E-state index in [-0.39, 0.29) is 6.04 Å². The predicted molar refractivity (Wildman–Crippen MR) is 78.6 cm³/mol. The molecule has 1 aliphatic heterocycles. The van der Waals surface area contributed by atoms with Gasteiger partial charge in [-0.2, -0.15) is 0 Å². The van der Waals surface area contributed by atoms with Crippen molar-refractivity contribution in [2.45, 2.75) is 12.5 Å². The Morgan fingerprint density at radius 3 is 3.00 bits per heavy atom. The van der Waals surface area contributed by atoms with Crippen molar-refractivity contribution in [2.75, 3.05) is 13.7 Å². The number of benzene rings is 1. The first kappa shape index (κ1) is 12.2. The molecule has 18 heavy (non-hydrogen) atoms. The molecule has 2 nitrogen and oxygen atoms in total. The fourth-order valence-electron chi connectivity index (χ4n) is 2.41. The minimum atomic E-state index is 0.187. The van der Waals surface area contributed by atoms with Gasteiger partial charge < -0.3 is 10.1 Å². The van der Waals surface area contributed by atoms with Crippen LogP contribution in [0.2, 0.25) is 0 Å². The van der Waals surface area contributed by atoms with Gasteiger partial charge in [-0.1, -0.05) is 18.2 Å². The van der Waals surface area contributed by atoms with Gasteiger partial charge >= 0.3 is 0 Å². The van der Waals surface area contributed by atoms with Crippen LogP contribution >= 0.6 is 27.3 Å². The van der Waals surface area contributed by atoms with Gasteiger partial charge in [0.1, 0.15) is 5.75 Å². The molecule has 0 spiro atoms. The molecule has 1 aliphatic rings. The second kappa shape index (κ2) is 5.03. The maximum absolute atomic E-state index is 5.80. The molecule has 1 unspecified atom stereocenters. The number of hydrogen-bond donors (Lipinski definition) is 1. The van der Waals surface area contributed by atoms with E-state index in [1.807, 2.05) is 7.05 Å². The third kappa shape index (κ3) is 1.98. The van der Waals surface area contributed by atoms with Crippen molar-refractivity contribution in [1.29, 1.82) is 0 Å². The third-order valence-electron chi connectivity index (χ3n) is 3.25. The molecule has 0 saturated carbocycles. The number of ether oxygens (including phenoxy) is 1. The fraction of sp³-hybridized carbons (Fsp3) is 0.286. The number of fused-ring (bicyclic) bond motifs is 1. The monoisotopic (exact) mass is 323 g/mol. The third-order valence-corrected chi connectivity index (χ3v) is 5.19. The molecule has 0 saturated heterocycles. The van der Waals surface area contributed by atoms with Gasteiger partial charge in [-0.15, -0.1) is 11.3 Å². The minimum absolute atomic E-state index is 0.187. The molecule has 0 radical (unpaired) electrons. The van der Waals surface area contributed by atoms with Crippen LogP contribution in [0.25, 0.3) is 0 Å². The second-order valence-electron chi connectivity index (χ2n) is 4.29. The lowest BCUT2D eigenvalue weighted by Gasteiger charge is -2.18. The van der Waals surface area contributed by atoms with Crippen molar-refractivity contribution >= 4 is 27.3 Å². The first-order valence-corrected chi connectivity index (χ1v) is 7.63. The first-order chi connectivity index (χ1) is 8.81. The van der Waals surface area contributed by atoms with Gasteiger partial charge in [0.2, 0.25) is 0 Å². The van der Waals surface area contributed by atoms with E-state index in [9.17, 15) is 0 Å². The Bertz CT molecular complexity index is 567. The van der Waals surface area contributed by atoms with E-state index in [4.69, 9.17) is 4.74 Å². The molecule has 1 atom stereocenters. The summed E-state index contributed by atoms with van der Waals surface area (Å²) >= 11 is 5.37. The zero-order chi connectivity index (χ0) is 12.5. The number of halogens is 1. The molecule has 0 aliphatic carbocycles. The van der Waals surface area contributed by atoms with Crippen LogP contribution in [0.4, 0.5) is 0 Å². The average Bonchev–Trinajstić information content (AvgIpc) is 3.00. The summed E-state index contributed by atoms with van der Waals surface area (Å²) in [5.41, 5.74) is 2.55. The number of nitrogens with one attached hydrogen (secondary N) is 1. The van der Waals surface area contributed by atoms with E-state index in [1.165, 1.54) is 16.0 Å². The van der Waals surface area contributed by atoms with Crippen molar-refractivity contribution in [3.8, 4) is 5.75 Å². The van der Waals surface area contributed by atoms with Crippen LogP contribution in [0.5, 0.6) is 5.75 Å². The van der Waals surface area contributed by atoms with Crippen LogP contribution in [0.1, 0.15) is 22.0 Å². The van der Waals surface area contributed by atoms with Crippen LogP contribution in [0, 0.1) is 0 Å². The van der Waals surface area contributed by atoms with Crippen molar-refractivity contribution in [2.24, 2.45) is 0 Å². The maximum Gasteiger partial charge on any atom is 0.127 e. The van der Waals surface area contributed by atoms with Gasteiger partial charge in [0.15, 0.2) is 0 Å². The molecule has 1 N–H and O–H groups in total. The molecule has 0 fully saturated rings. The number of thiophene rings is 1. The number of para-hydroxylation sites is 1. The van der Waals surface area contributed by atoms with Crippen molar-refractivity contribution < 1.29 is 4.74 Å². The van der Waals surface area contributed by atoms with E-state index in [0.29, 0.717) is 0 Å². The lowest BCUT2D eigenvalue weighted by molar-refractivity contribution is 0.351. The Kier molecular flexibility index (Phi) is 3.41. The Balaban J connectivity index is 2.08. The molecule has 2 aromatic rings.